The second kappa shape index (κ2) is 8.94. The normalized spacial score (nSPS) is 11.7. The minimum atomic E-state index is -4.75. The number of methoxy groups -OCH3 is 1. The van der Waals surface area contributed by atoms with Gasteiger partial charge < -0.3 is 14.6 Å². The number of benzene rings is 1. The molecule has 0 aliphatic rings. The van der Waals surface area contributed by atoms with Gasteiger partial charge in [-0.05, 0) is 45.4 Å². The topological polar surface area (TPSA) is 93.1 Å². The molecule has 0 fully saturated rings. The minimum Gasteiger partial charge on any atom is -0.478 e. The molecule has 1 N–H and O–H groups in total. The van der Waals surface area contributed by atoms with Crippen LogP contribution in [0.3, 0.4) is 0 Å². The number of anilines is 1. The van der Waals surface area contributed by atoms with Crippen molar-refractivity contribution < 1.29 is 42.1 Å². The molecule has 0 atom stereocenters. The van der Waals surface area contributed by atoms with E-state index in [1.165, 1.54) is 7.11 Å². The molecular weight excluding hydrogens is 383 g/mol. The Morgan fingerprint density at radius 3 is 2.21 bits per heavy atom. The molecule has 7 nitrogen and oxygen atoms in total. The SMILES string of the molecule is COC(=O)CCCN(C(=O)OC(C)(C)C)c1ccc(C(F)(F)F)cc1C(=O)O. The molecule has 1 amide bonds. The summed E-state index contributed by atoms with van der Waals surface area (Å²) in [6, 6.07) is 2.03. The van der Waals surface area contributed by atoms with E-state index in [0.717, 1.165) is 11.0 Å². The van der Waals surface area contributed by atoms with Gasteiger partial charge in [0.05, 0.1) is 23.9 Å². The quantitative estimate of drug-likeness (QED) is 0.717. The van der Waals surface area contributed by atoms with E-state index < -0.39 is 40.9 Å². The van der Waals surface area contributed by atoms with Gasteiger partial charge in [-0.3, -0.25) is 9.69 Å². The van der Waals surface area contributed by atoms with Crippen LogP contribution in [0.1, 0.15) is 49.5 Å². The van der Waals surface area contributed by atoms with Crippen LogP contribution in [0, 0.1) is 0 Å². The van der Waals surface area contributed by atoms with Gasteiger partial charge in [0.25, 0.3) is 0 Å². The van der Waals surface area contributed by atoms with E-state index in [1.807, 2.05) is 0 Å². The van der Waals surface area contributed by atoms with E-state index in [0.29, 0.717) is 12.1 Å². The molecule has 0 aliphatic carbocycles. The number of halogens is 3. The molecular formula is C18H22F3NO6. The number of carbonyl (C=O) groups excluding carboxylic acids is 2. The standard InChI is InChI=1S/C18H22F3NO6/c1-17(2,3)28-16(26)22(9-5-6-14(23)27-4)13-8-7-11(18(19,20)21)10-12(13)15(24)25/h7-8,10H,5-6,9H2,1-4H3,(H,24,25). The number of carbonyl (C=O) groups is 3. The third kappa shape index (κ3) is 6.75. The first-order valence-corrected chi connectivity index (χ1v) is 8.28. The zero-order valence-corrected chi connectivity index (χ0v) is 15.9. The molecule has 156 valence electrons. The van der Waals surface area contributed by atoms with Gasteiger partial charge in [-0.2, -0.15) is 13.2 Å². The van der Waals surface area contributed by atoms with Crippen LogP contribution in [0.4, 0.5) is 23.7 Å². The lowest BCUT2D eigenvalue weighted by atomic mass is 10.1. The monoisotopic (exact) mass is 405 g/mol. The third-order valence-corrected chi connectivity index (χ3v) is 3.45. The second-order valence-corrected chi connectivity index (χ2v) is 6.85. The summed E-state index contributed by atoms with van der Waals surface area (Å²) in [5.74, 6) is -2.18. The van der Waals surface area contributed by atoms with Crippen molar-refractivity contribution in [3.05, 3.63) is 29.3 Å². The van der Waals surface area contributed by atoms with Gasteiger partial charge in [-0.1, -0.05) is 0 Å². The Kier molecular flexibility index (Phi) is 7.43. The maximum atomic E-state index is 12.9. The van der Waals surface area contributed by atoms with E-state index in [4.69, 9.17) is 4.74 Å². The van der Waals surface area contributed by atoms with Gasteiger partial charge in [0.1, 0.15) is 5.60 Å². The highest BCUT2D eigenvalue weighted by Gasteiger charge is 2.33. The summed E-state index contributed by atoms with van der Waals surface area (Å²) in [6.07, 6.45) is -5.67. The first kappa shape index (κ1) is 23.3. The Morgan fingerprint density at radius 2 is 1.75 bits per heavy atom. The van der Waals surface area contributed by atoms with Crippen LogP contribution in [0.2, 0.25) is 0 Å². The first-order chi connectivity index (χ1) is 12.8. The lowest BCUT2D eigenvalue weighted by molar-refractivity contribution is -0.140. The molecule has 0 spiro atoms. The zero-order valence-electron chi connectivity index (χ0n) is 15.9. The number of ether oxygens (including phenoxy) is 2. The summed E-state index contributed by atoms with van der Waals surface area (Å²) in [5, 5.41) is 9.35. The van der Waals surface area contributed by atoms with Crippen LogP contribution >= 0.6 is 0 Å². The van der Waals surface area contributed by atoms with Crippen LogP contribution in [0.5, 0.6) is 0 Å². The van der Waals surface area contributed by atoms with Gasteiger partial charge in [0, 0.05) is 13.0 Å². The number of esters is 1. The Balaban J connectivity index is 3.32. The molecule has 1 rings (SSSR count). The van der Waals surface area contributed by atoms with Crippen molar-refractivity contribution in [2.45, 2.75) is 45.4 Å². The van der Waals surface area contributed by atoms with Gasteiger partial charge in [0.15, 0.2) is 0 Å². The largest absolute Gasteiger partial charge is 0.478 e. The van der Waals surface area contributed by atoms with Gasteiger partial charge in [-0.25, -0.2) is 9.59 Å². The second-order valence-electron chi connectivity index (χ2n) is 6.85. The van der Waals surface area contributed by atoms with Crippen LogP contribution in [-0.4, -0.2) is 42.4 Å². The van der Waals surface area contributed by atoms with Crippen molar-refractivity contribution in [1.82, 2.24) is 0 Å². The maximum absolute atomic E-state index is 12.9. The predicted octanol–water partition coefficient (Wildman–Crippen LogP) is 4.10. The summed E-state index contributed by atoms with van der Waals surface area (Å²) in [4.78, 5) is 36.2. The number of carboxylic acids is 1. The van der Waals surface area contributed by atoms with Crippen molar-refractivity contribution in [1.29, 1.82) is 0 Å². The number of amides is 1. The Morgan fingerprint density at radius 1 is 1.14 bits per heavy atom. The van der Waals surface area contributed by atoms with Crippen LogP contribution in [-0.2, 0) is 20.4 Å². The Hall–Kier alpha value is -2.78. The molecule has 0 aliphatic heterocycles. The average Bonchev–Trinajstić information content (AvgIpc) is 2.55. The Labute approximate surface area is 160 Å². The first-order valence-electron chi connectivity index (χ1n) is 8.28. The van der Waals surface area contributed by atoms with Gasteiger partial charge in [0.2, 0.25) is 0 Å². The highest BCUT2D eigenvalue weighted by atomic mass is 19.4. The fraction of sp³-hybridized carbons (Fsp3) is 0.500. The van der Waals surface area contributed by atoms with E-state index in [-0.39, 0.29) is 25.1 Å². The average molecular weight is 405 g/mol. The zero-order chi connectivity index (χ0) is 21.7. The van der Waals surface area contributed by atoms with E-state index in [1.54, 1.807) is 20.8 Å². The summed E-state index contributed by atoms with van der Waals surface area (Å²) < 4.78 is 48.5. The van der Waals surface area contributed by atoms with Crippen LogP contribution in [0.25, 0.3) is 0 Å². The molecule has 0 saturated heterocycles. The van der Waals surface area contributed by atoms with Crippen molar-refractivity contribution in [3.8, 4) is 0 Å². The molecule has 0 bridgehead atoms. The van der Waals surface area contributed by atoms with E-state index in [2.05, 4.69) is 4.74 Å². The van der Waals surface area contributed by atoms with Crippen molar-refractivity contribution in [2.24, 2.45) is 0 Å². The van der Waals surface area contributed by atoms with E-state index in [9.17, 15) is 32.7 Å². The molecule has 10 heteroatoms. The summed E-state index contributed by atoms with van der Waals surface area (Å²) in [7, 11) is 1.19. The number of alkyl halides is 3. The van der Waals surface area contributed by atoms with Crippen LogP contribution in [0.15, 0.2) is 18.2 Å². The van der Waals surface area contributed by atoms with E-state index >= 15 is 0 Å². The number of nitrogens with zero attached hydrogens (tertiary/aromatic N) is 1. The summed E-state index contributed by atoms with van der Waals surface area (Å²) >= 11 is 0. The highest BCUT2D eigenvalue weighted by Crippen LogP contribution is 2.33. The third-order valence-electron chi connectivity index (χ3n) is 3.45. The molecule has 1 aromatic carbocycles. The maximum Gasteiger partial charge on any atom is 0.416 e. The summed E-state index contributed by atoms with van der Waals surface area (Å²) in [6.45, 7) is 4.60. The number of aromatic carboxylic acids is 1. The van der Waals surface area contributed by atoms with Crippen LogP contribution < -0.4 is 4.90 Å². The molecule has 0 unspecified atom stereocenters. The van der Waals surface area contributed by atoms with Crippen molar-refractivity contribution in [3.63, 3.8) is 0 Å². The molecule has 0 radical (unpaired) electrons. The molecule has 1 aromatic rings. The fourth-order valence-corrected chi connectivity index (χ4v) is 2.23. The molecule has 0 saturated carbocycles. The lowest BCUT2D eigenvalue weighted by Crippen LogP contribution is -2.38. The minimum absolute atomic E-state index is 0.0706. The lowest BCUT2D eigenvalue weighted by Gasteiger charge is -2.28. The van der Waals surface area contributed by atoms with Gasteiger partial charge >= 0.3 is 24.2 Å². The molecule has 0 aromatic heterocycles. The van der Waals surface area contributed by atoms with Gasteiger partial charge in [-0.15, -0.1) is 0 Å². The number of hydrogen-bond acceptors (Lipinski definition) is 5. The summed E-state index contributed by atoms with van der Waals surface area (Å²) in [5.41, 5.74) is -3.06. The number of rotatable bonds is 6. The predicted molar refractivity (Wildman–Crippen MR) is 93.2 cm³/mol. The molecule has 28 heavy (non-hydrogen) atoms. The Bertz CT molecular complexity index is 740. The highest BCUT2D eigenvalue weighted by molar-refractivity contribution is 6.00. The number of carboxylic acid groups (broad SMARTS) is 1. The smallest absolute Gasteiger partial charge is 0.416 e. The molecule has 0 heterocycles. The fourth-order valence-electron chi connectivity index (χ4n) is 2.23. The number of hydrogen-bond donors (Lipinski definition) is 1. The van der Waals surface area contributed by atoms with Crippen molar-refractivity contribution >= 4 is 23.7 Å². The van der Waals surface area contributed by atoms with Crippen molar-refractivity contribution in [2.75, 3.05) is 18.6 Å².